The first-order valence-corrected chi connectivity index (χ1v) is 23.3. The van der Waals surface area contributed by atoms with E-state index in [1.165, 1.54) is 6.07 Å². The van der Waals surface area contributed by atoms with E-state index in [-0.39, 0.29) is 47.3 Å². The number of anilines is 2. The number of carbonyl (C=O) groups is 3. The third-order valence-electron chi connectivity index (χ3n) is 14.6. The van der Waals surface area contributed by atoms with E-state index in [9.17, 15) is 19.6 Å². The van der Waals surface area contributed by atoms with Gasteiger partial charge in [-0.15, -0.1) is 0 Å². The van der Waals surface area contributed by atoms with Gasteiger partial charge in [0.25, 0.3) is 0 Å². The minimum Gasteiger partial charge on any atom is -0.374 e. The normalized spacial score (nSPS) is 22.1. The van der Waals surface area contributed by atoms with Gasteiger partial charge in [0.15, 0.2) is 0 Å². The number of hydrogen-bond acceptors (Lipinski definition) is 9. The maximum absolute atomic E-state index is 15.4. The van der Waals surface area contributed by atoms with Crippen molar-refractivity contribution < 1.29 is 18.8 Å². The number of piperidine rings is 3. The minimum absolute atomic E-state index is 0.118. The summed E-state index contributed by atoms with van der Waals surface area (Å²) in [5, 5.41) is 23.2. The molecule has 0 unspecified atom stereocenters. The zero-order valence-electron chi connectivity index (χ0n) is 37.2. The molecule has 3 saturated heterocycles. The van der Waals surface area contributed by atoms with Gasteiger partial charge in [-0.25, -0.2) is 13.9 Å². The molecule has 3 N–H and O–H groups in total. The fourth-order valence-electron chi connectivity index (χ4n) is 10.7. The zero-order valence-corrected chi connectivity index (χ0v) is 37.2. The smallest absolute Gasteiger partial charge is 0.249 e. The molecule has 3 amide bonds. The Morgan fingerprint density at radius 3 is 2.36 bits per heavy atom. The molecular formula is C50H59FN10O3. The zero-order chi connectivity index (χ0) is 44.5. The van der Waals surface area contributed by atoms with Crippen LogP contribution in [0.25, 0.3) is 27.8 Å². The van der Waals surface area contributed by atoms with Crippen LogP contribution in [0.2, 0.25) is 0 Å². The molecule has 0 radical (unpaired) electrons. The van der Waals surface area contributed by atoms with E-state index >= 15 is 4.39 Å². The fourth-order valence-corrected chi connectivity index (χ4v) is 10.7. The molecule has 4 fully saturated rings. The predicted molar refractivity (Wildman–Crippen MR) is 245 cm³/mol. The highest BCUT2D eigenvalue weighted by Crippen LogP contribution is 2.40. The predicted octanol–water partition coefficient (Wildman–Crippen LogP) is 7.98. The first-order chi connectivity index (χ1) is 31.0. The fraction of sp³-hybridized carbons (Fsp3) is 0.480. The highest BCUT2D eigenvalue weighted by molar-refractivity contribution is 6.01. The van der Waals surface area contributed by atoms with Crippen LogP contribution in [-0.4, -0.2) is 86.1 Å². The van der Waals surface area contributed by atoms with Gasteiger partial charge in [0, 0.05) is 90.4 Å². The van der Waals surface area contributed by atoms with Crippen molar-refractivity contribution >= 4 is 34.7 Å². The summed E-state index contributed by atoms with van der Waals surface area (Å²) in [4.78, 5) is 46.6. The molecule has 14 heteroatoms. The molecule has 3 aliphatic heterocycles. The number of nitrogens with one attached hydrogen (secondary N) is 3. The lowest BCUT2D eigenvalue weighted by molar-refractivity contribution is -0.134. The van der Waals surface area contributed by atoms with Gasteiger partial charge in [-0.05, 0) is 139 Å². The Morgan fingerprint density at radius 2 is 1.69 bits per heavy atom. The largest absolute Gasteiger partial charge is 0.374 e. The van der Waals surface area contributed by atoms with Crippen LogP contribution < -0.4 is 20.9 Å². The first-order valence-electron chi connectivity index (χ1n) is 23.3. The Bertz CT molecular complexity index is 2550. The first kappa shape index (κ1) is 43.2. The van der Waals surface area contributed by atoms with Gasteiger partial charge in [-0.2, -0.15) is 10.4 Å². The molecule has 0 spiro atoms. The number of imide groups is 1. The number of benzene rings is 1. The highest BCUT2D eigenvalue weighted by Gasteiger charge is 2.40. The van der Waals surface area contributed by atoms with Crippen molar-refractivity contribution in [1.82, 2.24) is 34.7 Å². The Balaban J connectivity index is 0.816. The summed E-state index contributed by atoms with van der Waals surface area (Å²) in [7, 11) is 0. The highest BCUT2D eigenvalue weighted by atomic mass is 19.1. The van der Waals surface area contributed by atoms with Crippen LogP contribution in [0.15, 0.2) is 73.4 Å². The molecule has 0 bridgehead atoms. The number of likely N-dealkylation sites (tertiary alicyclic amines) is 1. The summed E-state index contributed by atoms with van der Waals surface area (Å²) in [5.74, 6) is 0.317. The Morgan fingerprint density at radius 1 is 0.922 bits per heavy atom. The second-order valence-corrected chi connectivity index (χ2v) is 18.8. The van der Waals surface area contributed by atoms with E-state index < -0.39 is 6.04 Å². The lowest BCUT2D eigenvalue weighted by Crippen LogP contribution is -2.50. The lowest BCUT2D eigenvalue weighted by Gasteiger charge is -2.41. The van der Waals surface area contributed by atoms with Crippen LogP contribution in [0, 0.1) is 22.6 Å². The number of carbonyl (C=O) groups excluding carboxylic acids is 3. The van der Waals surface area contributed by atoms with Crippen LogP contribution in [-0.2, 0) is 14.4 Å². The second kappa shape index (κ2) is 18.2. The van der Waals surface area contributed by atoms with E-state index in [0.717, 1.165) is 123 Å². The minimum atomic E-state index is -0.540. The van der Waals surface area contributed by atoms with Crippen molar-refractivity contribution in [3.63, 3.8) is 0 Å². The van der Waals surface area contributed by atoms with Crippen LogP contribution >= 0.6 is 0 Å². The van der Waals surface area contributed by atoms with Gasteiger partial charge >= 0.3 is 0 Å². The van der Waals surface area contributed by atoms with Crippen molar-refractivity contribution in [2.75, 3.05) is 36.4 Å². The summed E-state index contributed by atoms with van der Waals surface area (Å²) in [6, 6.07) is 16.5. The van der Waals surface area contributed by atoms with Gasteiger partial charge in [0.2, 0.25) is 17.7 Å². The Labute approximate surface area is 374 Å². The maximum Gasteiger partial charge on any atom is 0.249 e. The Hall–Kier alpha value is -6.07. The Kier molecular flexibility index (Phi) is 12.3. The van der Waals surface area contributed by atoms with Gasteiger partial charge in [-0.3, -0.25) is 19.7 Å². The number of halogens is 1. The number of rotatable bonds is 11. The molecule has 13 nitrogen and oxygen atoms in total. The van der Waals surface area contributed by atoms with Crippen LogP contribution in [0.3, 0.4) is 0 Å². The molecule has 7 heterocycles. The molecule has 1 atom stereocenters. The molecule has 4 aromatic heterocycles. The molecule has 334 valence electrons. The number of hydrogen-bond donors (Lipinski definition) is 3. The average Bonchev–Trinajstić information content (AvgIpc) is 3.98. The average molecular weight is 867 g/mol. The summed E-state index contributed by atoms with van der Waals surface area (Å²) in [6.45, 7) is 9.55. The number of fused-ring (bicyclic) bond motifs is 1. The number of aromatic nitrogens is 4. The standard InChI is InChI=1S/C50H59FN10O3/c1-4-50(49(64)55-32(2)3)18-23-59(24-19-50)45-13-5-34(28-53-45)42-25-36(31-61-47(42)37(27-52)29-54-61)35-17-22-60(30-35)40-9-7-39(8-10-40)58-20-15-33(16-21-58)41-11-6-38(26-43(41)51)56-44-12-14-46(62)57-48(44)63/h5-6,11,13,17,22,25-26,28-33,39-40,44,56H,4,7-10,12,14-16,18-21,23-24H2,1-3H3,(H,55,64)(H,57,62,63)/t39?,40?,44-/m0/s1. The van der Waals surface area contributed by atoms with Crippen molar-refractivity contribution in [1.29, 1.82) is 5.26 Å². The number of nitriles is 1. The number of amides is 3. The van der Waals surface area contributed by atoms with Crippen molar-refractivity contribution in [3.8, 4) is 28.3 Å². The summed E-state index contributed by atoms with van der Waals surface area (Å²) >= 11 is 0. The van der Waals surface area contributed by atoms with Crippen LogP contribution in [0.4, 0.5) is 15.9 Å². The molecule has 1 aromatic carbocycles. The van der Waals surface area contributed by atoms with E-state index in [4.69, 9.17) is 4.98 Å². The topological polar surface area (TPSA) is 153 Å². The third-order valence-corrected chi connectivity index (χ3v) is 14.6. The van der Waals surface area contributed by atoms with Gasteiger partial charge < -0.3 is 25.0 Å². The number of nitrogens with zero attached hydrogens (tertiary/aromatic N) is 7. The van der Waals surface area contributed by atoms with E-state index in [1.54, 1.807) is 6.20 Å². The van der Waals surface area contributed by atoms with Crippen LogP contribution in [0.5, 0.6) is 0 Å². The molecule has 64 heavy (non-hydrogen) atoms. The van der Waals surface area contributed by atoms with E-state index in [1.807, 2.05) is 49.0 Å². The van der Waals surface area contributed by atoms with E-state index in [0.29, 0.717) is 29.8 Å². The summed E-state index contributed by atoms with van der Waals surface area (Å²) in [6.07, 6.45) is 19.2. The molecule has 5 aromatic rings. The van der Waals surface area contributed by atoms with E-state index in [2.05, 4.69) is 79.0 Å². The lowest BCUT2D eigenvalue weighted by atomic mass is 9.75. The van der Waals surface area contributed by atoms with Gasteiger partial charge in [0.1, 0.15) is 23.7 Å². The number of pyridine rings is 2. The molecule has 1 aliphatic carbocycles. The molecule has 1 saturated carbocycles. The SMILES string of the molecule is CCC1(C(=O)NC(C)C)CCN(c2ccc(-c3cc(-c4ccn(C5CCC(N6CCC(c7ccc(N[C@H]8CCC(=O)NC8=O)cc7F)CC6)CC5)c4)cn4ncc(C#N)c34)cn2)CC1. The maximum atomic E-state index is 15.4. The van der Waals surface area contributed by atoms with Crippen LogP contribution in [0.1, 0.15) is 114 Å². The molecular weight excluding hydrogens is 808 g/mol. The monoisotopic (exact) mass is 866 g/mol. The van der Waals surface area contributed by atoms with Crippen molar-refractivity contribution in [2.45, 2.75) is 121 Å². The van der Waals surface area contributed by atoms with Gasteiger partial charge in [-0.1, -0.05) is 13.0 Å². The molecule has 9 rings (SSSR count). The summed E-state index contributed by atoms with van der Waals surface area (Å²) < 4.78 is 19.6. The quantitative estimate of drug-likeness (QED) is 0.112. The molecule has 4 aliphatic rings. The second-order valence-electron chi connectivity index (χ2n) is 18.8. The van der Waals surface area contributed by atoms with Gasteiger partial charge in [0.05, 0.1) is 22.7 Å². The summed E-state index contributed by atoms with van der Waals surface area (Å²) in [5.41, 5.74) is 6.13. The van der Waals surface area contributed by atoms with Crippen molar-refractivity contribution in [2.24, 2.45) is 5.41 Å². The van der Waals surface area contributed by atoms with Crippen molar-refractivity contribution in [3.05, 3.63) is 90.4 Å². The third kappa shape index (κ3) is 8.74.